The second-order valence-corrected chi connectivity index (χ2v) is 4.52. The molecule has 0 aromatic heterocycles. The average Bonchev–Trinajstić information content (AvgIpc) is 2.35. The number of ether oxygens (including phenoxy) is 1. The Hall–Kier alpha value is -1.71. The smallest absolute Gasteiger partial charge is 0.150 e. The van der Waals surface area contributed by atoms with E-state index in [-0.39, 0.29) is 17.8 Å². The van der Waals surface area contributed by atoms with Crippen LogP contribution in [-0.4, -0.2) is 31.0 Å². The third kappa shape index (κ3) is 4.47. The molecule has 1 rings (SSSR count). The zero-order valence-corrected chi connectivity index (χ0v) is 10.8. The van der Waals surface area contributed by atoms with Crippen molar-refractivity contribution >= 4 is 5.69 Å². The number of anilines is 1. The molecule has 0 bridgehead atoms. The van der Waals surface area contributed by atoms with E-state index in [4.69, 9.17) is 10.00 Å². The second kappa shape index (κ2) is 6.45. The van der Waals surface area contributed by atoms with Gasteiger partial charge in [0.15, 0.2) is 11.6 Å². The molecule has 0 aliphatic heterocycles. The van der Waals surface area contributed by atoms with Gasteiger partial charge in [-0.1, -0.05) is 0 Å². The molecule has 0 aliphatic rings. The monoisotopic (exact) mass is 270 g/mol. The highest BCUT2D eigenvalue weighted by Gasteiger charge is 2.21. The maximum absolute atomic E-state index is 13.6. The molecular weight excluding hydrogens is 254 g/mol. The molecule has 0 heterocycles. The van der Waals surface area contributed by atoms with E-state index in [1.807, 2.05) is 0 Å². The molecule has 19 heavy (non-hydrogen) atoms. The minimum absolute atomic E-state index is 0.0316. The van der Waals surface area contributed by atoms with Gasteiger partial charge in [0.2, 0.25) is 0 Å². The molecule has 0 saturated heterocycles. The number of nitrogens with zero attached hydrogens (tertiary/aromatic N) is 1. The van der Waals surface area contributed by atoms with Gasteiger partial charge in [-0.05, 0) is 19.1 Å². The van der Waals surface area contributed by atoms with Crippen LogP contribution in [0.4, 0.5) is 14.5 Å². The molecule has 0 radical (unpaired) electrons. The van der Waals surface area contributed by atoms with Crippen molar-refractivity contribution in [1.82, 2.24) is 0 Å². The third-order valence-electron chi connectivity index (χ3n) is 2.66. The highest BCUT2D eigenvalue weighted by Crippen LogP contribution is 2.22. The van der Waals surface area contributed by atoms with E-state index in [0.29, 0.717) is 13.0 Å². The maximum Gasteiger partial charge on any atom is 0.150 e. The molecular formula is C13H16F2N2O2. The van der Waals surface area contributed by atoms with Gasteiger partial charge in [-0.2, -0.15) is 5.26 Å². The largest absolute Gasteiger partial charge is 0.388 e. The first-order valence-corrected chi connectivity index (χ1v) is 5.74. The first-order valence-electron chi connectivity index (χ1n) is 5.74. The fourth-order valence-corrected chi connectivity index (χ4v) is 1.50. The van der Waals surface area contributed by atoms with E-state index < -0.39 is 17.2 Å². The van der Waals surface area contributed by atoms with Gasteiger partial charge in [-0.15, -0.1) is 0 Å². The van der Waals surface area contributed by atoms with Gasteiger partial charge in [0.1, 0.15) is 5.69 Å². The number of benzene rings is 1. The lowest BCUT2D eigenvalue weighted by atomic mass is 10.0. The Morgan fingerprint density at radius 3 is 2.47 bits per heavy atom. The Morgan fingerprint density at radius 1 is 1.42 bits per heavy atom. The van der Waals surface area contributed by atoms with Crippen LogP contribution in [0.2, 0.25) is 0 Å². The molecule has 1 aromatic carbocycles. The summed E-state index contributed by atoms with van der Waals surface area (Å²) in [6, 6.07) is 3.54. The fourth-order valence-electron chi connectivity index (χ4n) is 1.50. The Kier molecular flexibility index (Phi) is 5.21. The second-order valence-electron chi connectivity index (χ2n) is 4.52. The molecule has 0 saturated carbocycles. The van der Waals surface area contributed by atoms with Crippen LogP contribution in [0.1, 0.15) is 18.9 Å². The lowest BCUT2D eigenvalue weighted by molar-refractivity contribution is 0.0357. The molecule has 1 atom stereocenters. The fraction of sp³-hybridized carbons (Fsp3) is 0.462. The molecule has 0 aliphatic carbocycles. The van der Waals surface area contributed by atoms with Crippen LogP contribution in [0.25, 0.3) is 0 Å². The SMILES string of the molecule is COCCC(C)(O)CNc1c(F)cc(C#N)cc1F. The van der Waals surface area contributed by atoms with Gasteiger partial charge in [-0.3, -0.25) is 0 Å². The summed E-state index contributed by atoms with van der Waals surface area (Å²) in [5.41, 5.74) is -1.59. The number of methoxy groups -OCH3 is 1. The third-order valence-corrected chi connectivity index (χ3v) is 2.66. The van der Waals surface area contributed by atoms with Gasteiger partial charge < -0.3 is 15.2 Å². The Labute approximate surface area is 110 Å². The van der Waals surface area contributed by atoms with Crippen LogP contribution in [0, 0.1) is 23.0 Å². The molecule has 6 heteroatoms. The highest BCUT2D eigenvalue weighted by atomic mass is 19.1. The van der Waals surface area contributed by atoms with Crippen LogP contribution in [-0.2, 0) is 4.74 Å². The van der Waals surface area contributed by atoms with Crippen LogP contribution >= 0.6 is 0 Å². The minimum atomic E-state index is -1.15. The van der Waals surface area contributed by atoms with Crippen LogP contribution in [0.5, 0.6) is 0 Å². The standard InChI is InChI=1S/C13H16F2N2O2/c1-13(18,3-4-19-2)8-17-12-10(14)5-9(7-16)6-11(12)15/h5-6,17-18H,3-4,8H2,1-2H3. The zero-order valence-electron chi connectivity index (χ0n) is 10.8. The summed E-state index contributed by atoms with van der Waals surface area (Å²) in [4.78, 5) is 0. The predicted molar refractivity (Wildman–Crippen MR) is 66.7 cm³/mol. The number of rotatable bonds is 6. The molecule has 0 spiro atoms. The summed E-state index contributed by atoms with van der Waals surface area (Å²) in [6.07, 6.45) is 0.329. The summed E-state index contributed by atoms with van der Waals surface area (Å²) in [5.74, 6) is -1.72. The lowest BCUT2D eigenvalue weighted by Crippen LogP contribution is -2.35. The average molecular weight is 270 g/mol. The summed E-state index contributed by atoms with van der Waals surface area (Å²) in [7, 11) is 1.50. The van der Waals surface area contributed by atoms with Gasteiger partial charge in [0.05, 0.1) is 17.2 Å². The van der Waals surface area contributed by atoms with Gasteiger partial charge in [0.25, 0.3) is 0 Å². The van der Waals surface area contributed by atoms with Crippen molar-refractivity contribution < 1.29 is 18.6 Å². The normalized spacial score (nSPS) is 13.7. The van der Waals surface area contributed by atoms with E-state index in [1.54, 1.807) is 13.0 Å². The van der Waals surface area contributed by atoms with Crippen molar-refractivity contribution in [3.8, 4) is 6.07 Å². The molecule has 4 nitrogen and oxygen atoms in total. The molecule has 1 aromatic rings. The zero-order chi connectivity index (χ0) is 14.5. The summed E-state index contributed by atoms with van der Waals surface area (Å²) >= 11 is 0. The van der Waals surface area contributed by atoms with Crippen molar-refractivity contribution in [3.05, 3.63) is 29.3 Å². The summed E-state index contributed by atoms with van der Waals surface area (Å²) < 4.78 is 32.0. The van der Waals surface area contributed by atoms with E-state index in [1.165, 1.54) is 7.11 Å². The van der Waals surface area contributed by atoms with Crippen LogP contribution in [0.3, 0.4) is 0 Å². The predicted octanol–water partition coefficient (Wildman–Crippen LogP) is 2.04. The van der Waals surface area contributed by atoms with E-state index in [9.17, 15) is 13.9 Å². The molecule has 2 N–H and O–H groups in total. The van der Waals surface area contributed by atoms with Crippen molar-refractivity contribution in [2.24, 2.45) is 0 Å². The molecule has 1 unspecified atom stereocenters. The van der Waals surface area contributed by atoms with Crippen LogP contribution in [0.15, 0.2) is 12.1 Å². The molecule has 0 fully saturated rings. The van der Waals surface area contributed by atoms with Gasteiger partial charge in [-0.25, -0.2) is 8.78 Å². The first-order chi connectivity index (χ1) is 8.89. The van der Waals surface area contributed by atoms with Crippen LogP contribution < -0.4 is 5.32 Å². The molecule has 104 valence electrons. The lowest BCUT2D eigenvalue weighted by Gasteiger charge is -2.24. The number of halogens is 2. The van der Waals surface area contributed by atoms with Crippen molar-refractivity contribution in [1.29, 1.82) is 5.26 Å². The Morgan fingerprint density at radius 2 is 2.00 bits per heavy atom. The Bertz CT molecular complexity index is 461. The number of hydrogen-bond acceptors (Lipinski definition) is 4. The van der Waals surface area contributed by atoms with Crippen molar-refractivity contribution in [2.75, 3.05) is 25.6 Å². The number of aliphatic hydroxyl groups is 1. The summed E-state index contributed by atoms with van der Waals surface area (Å²) in [6.45, 7) is 1.85. The van der Waals surface area contributed by atoms with E-state index in [0.717, 1.165) is 12.1 Å². The topological polar surface area (TPSA) is 65.3 Å². The van der Waals surface area contributed by atoms with E-state index >= 15 is 0 Å². The number of nitriles is 1. The maximum atomic E-state index is 13.6. The Balaban J connectivity index is 2.76. The van der Waals surface area contributed by atoms with Crippen molar-refractivity contribution in [2.45, 2.75) is 18.9 Å². The molecule has 0 amide bonds. The first kappa shape index (κ1) is 15.3. The quantitative estimate of drug-likeness (QED) is 0.830. The van der Waals surface area contributed by atoms with E-state index in [2.05, 4.69) is 5.32 Å². The highest BCUT2D eigenvalue weighted by molar-refractivity contribution is 5.50. The van der Waals surface area contributed by atoms with Crippen molar-refractivity contribution in [3.63, 3.8) is 0 Å². The number of nitrogens with one attached hydrogen (secondary N) is 1. The van der Waals surface area contributed by atoms with Gasteiger partial charge >= 0.3 is 0 Å². The van der Waals surface area contributed by atoms with Gasteiger partial charge in [0, 0.05) is 26.7 Å². The number of hydrogen-bond donors (Lipinski definition) is 2. The summed E-state index contributed by atoms with van der Waals surface area (Å²) in [5, 5.41) is 21.0. The minimum Gasteiger partial charge on any atom is -0.388 e.